The quantitative estimate of drug-likeness (QED) is 0.511. The number of aromatic nitrogens is 2. The van der Waals surface area contributed by atoms with Crippen LogP contribution in [0.5, 0.6) is 11.5 Å². The number of hydrogen-bond acceptors (Lipinski definition) is 7. The molecule has 9 heteroatoms. The molecule has 0 atom stereocenters. The maximum Gasteiger partial charge on any atom is 0.184 e. The van der Waals surface area contributed by atoms with Crippen LogP contribution < -0.4 is 4.74 Å². The smallest absolute Gasteiger partial charge is 0.184 e. The zero-order valence-electron chi connectivity index (χ0n) is 15.2. The molecule has 0 spiro atoms. The Hall–Kier alpha value is -3.04. The lowest BCUT2D eigenvalue weighted by Crippen LogP contribution is -2.05. The van der Waals surface area contributed by atoms with E-state index in [-0.39, 0.29) is 22.1 Å². The fourth-order valence-corrected chi connectivity index (χ4v) is 5.32. The number of methoxy groups -OCH3 is 1. The van der Waals surface area contributed by atoms with E-state index in [1.165, 1.54) is 55.0 Å². The van der Waals surface area contributed by atoms with Crippen LogP contribution in [0.15, 0.2) is 59.1 Å². The summed E-state index contributed by atoms with van der Waals surface area (Å²) in [6, 6.07) is 8.50. The molecule has 0 radical (unpaired) electrons. The average molecular weight is 430 g/mol. The summed E-state index contributed by atoms with van der Waals surface area (Å²) in [4.78, 5) is 8.35. The zero-order chi connectivity index (χ0) is 20.6. The van der Waals surface area contributed by atoms with Gasteiger partial charge in [0.05, 0.1) is 23.9 Å². The van der Waals surface area contributed by atoms with E-state index >= 15 is 0 Å². The number of fused-ring (bicyclic) bond motifs is 1. The van der Waals surface area contributed by atoms with Gasteiger partial charge in [0.2, 0.25) is 0 Å². The first-order valence-corrected chi connectivity index (χ1v) is 11.0. The number of nitrogens with zero attached hydrogens (tertiary/aromatic N) is 2. The number of sulfone groups is 1. The van der Waals surface area contributed by atoms with Gasteiger partial charge >= 0.3 is 0 Å². The molecule has 4 aromatic rings. The normalized spacial score (nSPS) is 11.7. The van der Waals surface area contributed by atoms with Crippen molar-refractivity contribution in [3.05, 3.63) is 65.0 Å². The Morgan fingerprint density at radius 2 is 1.97 bits per heavy atom. The number of aromatic hydroxyl groups is 1. The Balaban J connectivity index is 1.86. The summed E-state index contributed by atoms with van der Waals surface area (Å²) in [7, 11) is -2.22. The standard InChI is InChI=1S/C20H15FN2O4S2/c1-27-18-8-12(21)2-4-15(18)20-14-5-3-13(9-16(14)17(24)10-23-20)29(25,26)11-19-22-6-7-28-19/h2-10,24H,11H2,1H3. The van der Waals surface area contributed by atoms with E-state index in [0.717, 1.165) is 0 Å². The molecule has 0 fully saturated rings. The lowest BCUT2D eigenvalue weighted by atomic mass is 10.0. The van der Waals surface area contributed by atoms with Crippen LogP contribution in [-0.4, -0.2) is 30.6 Å². The van der Waals surface area contributed by atoms with Crippen LogP contribution in [0.25, 0.3) is 22.0 Å². The molecular weight excluding hydrogens is 415 g/mol. The van der Waals surface area contributed by atoms with Crippen molar-refractivity contribution in [3.8, 4) is 22.8 Å². The van der Waals surface area contributed by atoms with Crippen molar-refractivity contribution < 1.29 is 22.7 Å². The van der Waals surface area contributed by atoms with Gasteiger partial charge in [0.1, 0.15) is 28.1 Å². The Labute approximate surface area is 170 Å². The predicted molar refractivity (Wildman–Crippen MR) is 108 cm³/mol. The Bertz CT molecular complexity index is 1310. The summed E-state index contributed by atoms with van der Waals surface area (Å²) in [5.74, 6) is -0.550. The summed E-state index contributed by atoms with van der Waals surface area (Å²) in [6.07, 6.45) is 2.79. The van der Waals surface area contributed by atoms with Gasteiger partial charge in [-0.15, -0.1) is 11.3 Å². The van der Waals surface area contributed by atoms with Gasteiger partial charge in [-0.25, -0.2) is 17.8 Å². The number of ether oxygens (including phenoxy) is 1. The van der Waals surface area contributed by atoms with Crippen LogP contribution in [0.4, 0.5) is 4.39 Å². The third-order valence-electron chi connectivity index (χ3n) is 4.41. The van der Waals surface area contributed by atoms with E-state index in [4.69, 9.17) is 4.74 Å². The Morgan fingerprint density at radius 1 is 1.14 bits per heavy atom. The van der Waals surface area contributed by atoms with Crippen LogP contribution in [0.1, 0.15) is 5.01 Å². The summed E-state index contributed by atoms with van der Waals surface area (Å²) < 4.78 is 44.3. The molecule has 2 heterocycles. The van der Waals surface area contributed by atoms with Gasteiger partial charge in [0.25, 0.3) is 0 Å². The molecule has 0 amide bonds. The molecular formula is C20H15FN2O4S2. The second-order valence-electron chi connectivity index (χ2n) is 6.23. The van der Waals surface area contributed by atoms with Crippen molar-refractivity contribution >= 4 is 31.9 Å². The third-order valence-corrected chi connectivity index (χ3v) is 7.00. The lowest BCUT2D eigenvalue weighted by Gasteiger charge is -2.12. The number of pyridine rings is 1. The molecule has 0 aliphatic heterocycles. The highest BCUT2D eigenvalue weighted by molar-refractivity contribution is 7.90. The molecule has 148 valence electrons. The van der Waals surface area contributed by atoms with Crippen molar-refractivity contribution in [2.75, 3.05) is 7.11 Å². The van der Waals surface area contributed by atoms with Gasteiger partial charge in [0, 0.05) is 34.0 Å². The SMILES string of the molecule is COc1cc(F)ccc1-c1ncc(O)c2cc(S(=O)(=O)Cc3nccs3)ccc12. The molecule has 0 aliphatic carbocycles. The van der Waals surface area contributed by atoms with Crippen molar-refractivity contribution in [3.63, 3.8) is 0 Å². The predicted octanol–water partition coefficient (Wildman–Crippen LogP) is 4.19. The number of halogens is 1. The minimum atomic E-state index is -3.65. The van der Waals surface area contributed by atoms with Crippen LogP contribution in [-0.2, 0) is 15.6 Å². The van der Waals surface area contributed by atoms with Crippen molar-refractivity contribution in [1.29, 1.82) is 0 Å². The monoisotopic (exact) mass is 430 g/mol. The summed E-state index contributed by atoms with van der Waals surface area (Å²) in [6.45, 7) is 0. The largest absolute Gasteiger partial charge is 0.506 e. The second kappa shape index (κ2) is 7.41. The van der Waals surface area contributed by atoms with Gasteiger partial charge in [-0.3, -0.25) is 4.98 Å². The molecule has 29 heavy (non-hydrogen) atoms. The number of rotatable bonds is 5. The molecule has 1 N–H and O–H groups in total. The van der Waals surface area contributed by atoms with E-state index < -0.39 is 15.7 Å². The zero-order valence-corrected chi connectivity index (χ0v) is 16.8. The highest BCUT2D eigenvalue weighted by Crippen LogP contribution is 2.37. The first-order chi connectivity index (χ1) is 13.9. The first kappa shape index (κ1) is 19.3. The van der Waals surface area contributed by atoms with E-state index in [1.807, 2.05) is 0 Å². The molecule has 2 aromatic carbocycles. The van der Waals surface area contributed by atoms with Crippen LogP contribution in [0.3, 0.4) is 0 Å². The van der Waals surface area contributed by atoms with E-state index in [9.17, 15) is 17.9 Å². The number of thiazole rings is 1. The number of hydrogen-bond donors (Lipinski definition) is 1. The van der Waals surface area contributed by atoms with E-state index in [2.05, 4.69) is 9.97 Å². The fraction of sp³-hybridized carbons (Fsp3) is 0.100. The fourth-order valence-electron chi connectivity index (χ4n) is 3.05. The third kappa shape index (κ3) is 3.66. The van der Waals surface area contributed by atoms with Crippen molar-refractivity contribution in [2.45, 2.75) is 10.6 Å². The summed E-state index contributed by atoms with van der Waals surface area (Å²) in [5.41, 5.74) is 0.968. The van der Waals surface area contributed by atoms with Crippen LogP contribution in [0.2, 0.25) is 0 Å². The van der Waals surface area contributed by atoms with Crippen LogP contribution >= 0.6 is 11.3 Å². The summed E-state index contributed by atoms with van der Waals surface area (Å²) >= 11 is 1.26. The topological polar surface area (TPSA) is 89.4 Å². The highest BCUT2D eigenvalue weighted by Gasteiger charge is 2.20. The highest BCUT2D eigenvalue weighted by atomic mass is 32.2. The molecule has 0 unspecified atom stereocenters. The molecule has 0 saturated carbocycles. The maximum atomic E-state index is 13.6. The van der Waals surface area contributed by atoms with Crippen molar-refractivity contribution in [1.82, 2.24) is 9.97 Å². The average Bonchev–Trinajstić information content (AvgIpc) is 3.20. The van der Waals surface area contributed by atoms with Gasteiger partial charge in [0.15, 0.2) is 9.84 Å². The van der Waals surface area contributed by atoms with Gasteiger partial charge in [-0.05, 0) is 24.3 Å². The maximum absolute atomic E-state index is 13.6. The minimum absolute atomic E-state index is 0.0683. The van der Waals surface area contributed by atoms with Crippen LogP contribution in [0, 0.1) is 5.82 Å². The molecule has 6 nitrogen and oxygen atoms in total. The molecule has 0 aliphatic rings. The van der Waals surface area contributed by atoms with E-state index in [1.54, 1.807) is 17.6 Å². The summed E-state index contributed by atoms with van der Waals surface area (Å²) in [5, 5.41) is 13.3. The molecule has 0 saturated heterocycles. The van der Waals surface area contributed by atoms with Crippen molar-refractivity contribution in [2.24, 2.45) is 0 Å². The lowest BCUT2D eigenvalue weighted by molar-refractivity contribution is 0.413. The number of benzene rings is 2. The van der Waals surface area contributed by atoms with Gasteiger partial charge < -0.3 is 9.84 Å². The second-order valence-corrected chi connectivity index (χ2v) is 9.20. The molecule has 4 rings (SSSR count). The van der Waals surface area contributed by atoms with Gasteiger partial charge in [-0.1, -0.05) is 6.07 Å². The Kier molecular flexibility index (Phi) is 4.93. The first-order valence-electron chi connectivity index (χ1n) is 8.46. The molecule has 0 bridgehead atoms. The Morgan fingerprint density at radius 3 is 2.69 bits per heavy atom. The van der Waals surface area contributed by atoms with Gasteiger partial charge in [-0.2, -0.15) is 0 Å². The molecule has 2 aromatic heterocycles. The minimum Gasteiger partial charge on any atom is -0.506 e. The van der Waals surface area contributed by atoms with E-state index in [0.29, 0.717) is 27.0 Å².